The summed E-state index contributed by atoms with van der Waals surface area (Å²) in [5.41, 5.74) is 2.89. The molecular formula is C16H13BrN2O. The highest BCUT2D eigenvalue weighted by molar-refractivity contribution is 9.10. The van der Waals surface area contributed by atoms with Crippen LogP contribution in [0, 0.1) is 11.3 Å². The normalized spacial score (nSPS) is 16.1. The van der Waals surface area contributed by atoms with Gasteiger partial charge in [-0.2, -0.15) is 5.26 Å². The molecule has 1 atom stereocenters. The maximum atomic E-state index is 8.89. The van der Waals surface area contributed by atoms with Gasteiger partial charge in [0.15, 0.2) is 0 Å². The van der Waals surface area contributed by atoms with Gasteiger partial charge in [-0.05, 0) is 45.8 Å². The minimum absolute atomic E-state index is 0.154. The second-order valence-electron chi connectivity index (χ2n) is 4.74. The molecule has 0 saturated heterocycles. The Morgan fingerprint density at radius 3 is 2.90 bits per heavy atom. The van der Waals surface area contributed by atoms with Crippen LogP contribution in [-0.2, 0) is 6.42 Å². The monoisotopic (exact) mass is 328 g/mol. The molecule has 4 heteroatoms. The number of benzene rings is 2. The quantitative estimate of drug-likeness (QED) is 0.933. The van der Waals surface area contributed by atoms with Crippen molar-refractivity contribution in [3.05, 3.63) is 58.1 Å². The molecule has 0 fully saturated rings. The van der Waals surface area contributed by atoms with Gasteiger partial charge in [0.25, 0.3) is 0 Å². The average molecular weight is 329 g/mol. The molecule has 0 saturated carbocycles. The Bertz CT molecular complexity index is 653. The first-order chi connectivity index (χ1) is 9.76. The van der Waals surface area contributed by atoms with Crippen LogP contribution in [0.25, 0.3) is 0 Å². The first kappa shape index (κ1) is 13.0. The SMILES string of the molecule is N#Cc1ccc(NCC2Cc3ccccc3O2)cc1Br. The second-order valence-corrected chi connectivity index (χ2v) is 5.59. The molecule has 20 heavy (non-hydrogen) atoms. The van der Waals surface area contributed by atoms with Gasteiger partial charge in [-0.3, -0.25) is 0 Å². The van der Waals surface area contributed by atoms with Crippen molar-refractivity contribution in [3.63, 3.8) is 0 Å². The largest absolute Gasteiger partial charge is 0.488 e. The molecule has 1 N–H and O–H groups in total. The van der Waals surface area contributed by atoms with E-state index < -0.39 is 0 Å². The number of nitrogens with one attached hydrogen (secondary N) is 1. The Morgan fingerprint density at radius 1 is 1.30 bits per heavy atom. The number of halogens is 1. The van der Waals surface area contributed by atoms with Crippen LogP contribution in [0.5, 0.6) is 5.75 Å². The van der Waals surface area contributed by atoms with Crippen LogP contribution < -0.4 is 10.1 Å². The van der Waals surface area contributed by atoms with E-state index in [-0.39, 0.29) is 6.10 Å². The summed E-state index contributed by atoms with van der Waals surface area (Å²) < 4.78 is 6.68. The van der Waals surface area contributed by atoms with Crippen molar-refractivity contribution in [3.8, 4) is 11.8 Å². The van der Waals surface area contributed by atoms with Gasteiger partial charge in [-0.25, -0.2) is 0 Å². The van der Waals surface area contributed by atoms with Crippen molar-refractivity contribution >= 4 is 21.6 Å². The van der Waals surface area contributed by atoms with E-state index in [0.717, 1.165) is 28.9 Å². The molecule has 100 valence electrons. The summed E-state index contributed by atoms with van der Waals surface area (Å²) in [5.74, 6) is 0.986. The van der Waals surface area contributed by atoms with E-state index in [0.29, 0.717) is 5.56 Å². The molecule has 0 aromatic heterocycles. The molecule has 1 heterocycles. The smallest absolute Gasteiger partial charge is 0.123 e. The van der Waals surface area contributed by atoms with Crippen LogP contribution >= 0.6 is 15.9 Å². The van der Waals surface area contributed by atoms with Gasteiger partial charge in [-0.15, -0.1) is 0 Å². The summed E-state index contributed by atoms with van der Waals surface area (Å²) in [6.45, 7) is 0.743. The predicted molar refractivity (Wildman–Crippen MR) is 81.9 cm³/mol. The Kier molecular flexibility index (Phi) is 3.62. The summed E-state index contributed by atoms with van der Waals surface area (Å²) in [5, 5.41) is 12.2. The molecule has 1 aliphatic rings. The number of fused-ring (bicyclic) bond motifs is 1. The highest BCUT2D eigenvalue weighted by Gasteiger charge is 2.21. The Morgan fingerprint density at radius 2 is 2.15 bits per heavy atom. The fraction of sp³-hybridized carbons (Fsp3) is 0.188. The van der Waals surface area contributed by atoms with E-state index in [9.17, 15) is 0 Å². The molecule has 0 radical (unpaired) electrons. The van der Waals surface area contributed by atoms with Crippen LogP contribution in [0.3, 0.4) is 0 Å². The van der Waals surface area contributed by atoms with Crippen molar-refractivity contribution < 1.29 is 4.74 Å². The van der Waals surface area contributed by atoms with Crippen molar-refractivity contribution in [2.45, 2.75) is 12.5 Å². The third kappa shape index (κ3) is 2.63. The van der Waals surface area contributed by atoms with Gasteiger partial charge in [0, 0.05) is 16.6 Å². The summed E-state index contributed by atoms with van der Waals surface area (Å²) in [6, 6.07) is 15.9. The van der Waals surface area contributed by atoms with Gasteiger partial charge >= 0.3 is 0 Å². The Balaban J connectivity index is 1.62. The highest BCUT2D eigenvalue weighted by atomic mass is 79.9. The molecule has 3 nitrogen and oxygen atoms in total. The maximum absolute atomic E-state index is 8.89. The number of rotatable bonds is 3. The van der Waals surface area contributed by atoms with E-state index in [1.807, 2.05) is 30.3 Å². The molecule has 0 amide bonds. The zero-order valence-electron chi connectivity index (χ0n) is 10.8. The van der Waals surface area contributed by atoms with Crippen LogP contribution in [0.4, 0.5) is 5.69 Å². The zero-order valence-corrected chi connectivity index (χ0v) is 12.4. The fourth-order valence-corrected chi connectivity index (χ4v) is 2.78. The second kappa shape index (κ2) is 5.56. The summed E-state index contributed by atoms with van der Waals surface area (Å²) in [7, 11) is 0. The van der Waals surface area contributed by atoms with E-state index in [2.05, 4.69) is 33.4 Å². The van der Waals surface area contributed by atoms with E-state index in [1.54, 1.807) is 6.07 Å². The molecule has 3 rings (SSSR count). The standard InChI is InChI=1S/C16H13BrN2O/c17-15-8-13(6-5-12(15)9-18)19-10-14-7-11-3-1-2-4-16(11)20-14/h1-6,8,14,19H,7,10H2. The lowest BCUT2D eigenvalue weighted by Crippen LogP contribution is -2.23. The number of ether oxygens (including phenoxy) is 1. The number of nitriles is 1. The molecule has 0 aliphatic carbocycles. The number of para-hydroxylation sites is 1. The molecule has 0 bridgehead atoms. The highest BCUT2D eigenvalue weighted by Crippen LogP contribution is 2.28. The first-order valence-corrected chi connectivity index (χ1v) is 7.23. The zero-order chi connectivity index (χ0) is 13.9. The van der Waals surface area contributed by atoms with Crippen LogP contribution in [0.15, 0.2) is 46.9 Å². The lowest BCUT2D eigenvalue weighted by molar-refractivity contribution is 0.246. The van der Waals surface area contributed by atoms with Gasteiger partial charge in [0.05, 0.1) is 12.1 Å². The van der Waals surface area contributed by atoms with Crippen LogP contribution in [0.1, 0.15) is 11.1 Å². The molecule has 1 unspecified atom stereocenters. The molecule has 2 aromatic rings. The third-order valence-electron chi connectivity index (χ3n) is 3.34. The van der Waals surface area contributed by atoms with Crippen molar-refractivity contribution in [2.75, 3.05) is 11.9 Å². The Hall–Kier alpha value is -1.99. The number of hydrogen-bond acceptors (Lipinski definition) is 3. The first-order valence-electron chi connectivity index (χ1n) is 6.44. The number of nitrogens with zero attached hydrogens (tertiary/aromatic N) is 1. The van der Waals surface area contributed by atoms with Crippen molar-refractivity contribution in [2.24, 2.45) is 0 Å². The lowest BCUT2D eigenvalue weighted by Gasteiger charge is -2.13. The fourth-order valence-electron chi connectivity index (χ4n) is 2.32. The maximum Gasteiger partial charge on any atom is 0.123 e. The summed E-state index contributed by atoms with van der Waals surface area (Å²) in [4.78, 5) is 0. The summed E-state index contributed by atoms with van der Waals surface area (Å²) >= 11 is 3.39. The average Bonchev–Trinajstić information content (AvgIpc) is 2.88. The van der Waals surface area contributed by atoms with Gasteiger partial charge in [0.2, 0.25) is 0 Å². The minimum atomic E-state index is 0.154. The topological polar surface area (TPSA) is 45.0 Å². The molecule has 0 spiro atoms. The lowest BCUT2D eigenvalue weighted by atomic mass is 10.1. The molecule has 2 aromatic carbocycles. The van der Waals surface area contributed by atoms with Crippen LogP contribution in [-0.4, -0.2) is 12.6 Å². The number of hydrogen-bond donors (Lipinski definition) is 1. The predicted octanol–water partition coefficient (Wildman–Crippen LogP) is 3.74. The van der Waals surface area contributed by atoms with E-state index in [1.165, 1.54) is 5.56 Å². The van der Waals surface area contributed by atoms with Crippen LogP contribution in [0.2, 0.25) is 0 Å². The molecular weight excluding hydrogens is 316 g/mol. The van der Waals surface area contributed by atoms with E-state index >= 15 is 0 Å². The molecule has 1 aliphatic heterocycles. The number of anilines is 1. The van der Waals surface area contributed by atoms with Gasteiger partial charge < -0.3 is 10.1 Å². The Labute approximate surface area is 126 Å². The van der Waals surface area contributed by atoms with Gasteiger partial charge in [-0.1, -0.05) is 18.2 Å². The van der Waals surface area contributed by atoms with E-state index in [4.69, 9.17) is 10.00 Å². The van der Waals surface area contributed by atoms with Gasteiger partial charge in [0.1, 0.15) is 17.9 Å². The third-order valence-corrected chi connectivity index (χ3v) is 3.99. The van der Waals surface area contributed by atoms with Crippen molar-refractivity contribution in [1.29, 1.82) is 5.26 Å². The minimum Gasteiger partial charge on any atom is -0.488 e. The summed E-state index contributed by atoms with van der Waals surface area (Å²) in [6.07, 6.45) is 1.09. The van der Waals surface area contributed by atoms with Crippen molar-refractivity contribution in [1.82, 2.24) is 0 Å².